The first kappa shape index (κ1) is 11.3. The Morgan fingerprint density at radius 2 is 2.12 bits per heavy atom. The Hall–Kier alpha value is -2.18. The number of nitrogens with zero attached hydrogens (tertiary/aromatic N) is 4. The molecule has 1 saturated heterocycles. The van der Waals surface area contributed by atoms with Gasteiger partial charge in [0, 0.05) is 20.1 Å². The predicted octanol–water partition coefficient (Wildman–Crippen LogP) is -1.03. The molecule has 0 spiro atoms. The molecule has 2 rings (SSSR count). The number of carbonyl (C=O) groups is 2. The Kier molecular flexibility index (Phi) is 2.90. The molecule has 0 bridgehead atoms. The minimum absolute atomic E-state index is 0.0759. The molecule has 1 aromatic heterocycles. The van der Waals surface area contributed by atoms with E-state index in [4.69, 9.17) is 5.73 Å². The third-order valence-corrected chi connectivity index (χ3v) is 2.65. The van der Waals surface area contributed by atoms with E-state index in [2.05, 4.69) is 10.2 Å². The van der Waals surface area contributed by atoms with Crippen molar-refractivity contribution in [2.24, 2.45) is 0 Å². The average Bonchev–Trinajstić information content (AvgIpc) is 2.33. The Labute approximate surface area is 98.2 Å². The minimum Gasteiger partial charge on any atom is -0.382 e. The summed E-state index contributed by atoms with van der Waals surface area (Å²) in [5.41, 5.74) is 5.59. The standard InChI is InChI=1S/C10H13N5O2/c1-14-4-5-15(6-9(14)16)10(17)7-2-3-8(11)13-12-7/h2-3H,4-6H2,1H3,(H2,11,13). The molecule has 0 aliphatic carbocycles. The normalized spacial score (nSPS) is 16.2. The summed E-state index contributed by atoms with van der Waals surface area (Å²) in [5.74, 6) is -0.108. The molecular weight excluding hydrogens is 222 g/mol. The molecule has 0 atom stereocenters. The highest BCUT2D eigenvalue weighted by molar-refractivity contribution is 5.95. The molecule has 90 valence electrons. The summed E-state index contributed by atoms with van der Waals surface area (Å²) in [4.78, 5) is 26.5. The molecule has 1 aromatic rings. The van der Waals surface area contributed by atoms with Crippen LogP contribution in [0.5, 0.6) is 0 Å². The minimum atomic E-state index is -0.293. The van der Waals surface area contributed by atoms with Gasteiger partial charge in [0.15, 0.2) is 5.69 Å². The number of amides is 2. The molecule has 1 aliphatic rings. The van der Waals surface area contributed by atoms with Gasteiger partial charge in [-0.25, -0.2) is 0 Å². The first-order valence-electron chi connectivity index (χ1n) is 5.20. The van der Waals surface area contributed by atoms with Gasteiger partial charge in [0.05, 0.1) is 0 Å². The lowest BCUT2D eigenvalue weighted by atomic mass is 10.2. The van der Waals surface area contributed by atoms with Crippen molar-refractivity contribution in [2.75, 3.05) is 32.4 Å². The molecule has 0 radical (unpaired) electrons. The number of carbonyl (C=O) groups excluding carboxylic acids is 2. The number of nitrogens with two attached hydrogens (primary N) is 1. The van der Waals surface area contributed by atoms with E-state index in [9.17, 15) is 9.59 Å². The molecule has 0 unspecified atom stereocenters. The quantitative estimate of drug-likeness (QED) is 0.672. The van der Waals surface area contributed by atoms with Gasteiger partial charge in [0.2, 0.25) is 5.91 Å². The van der Waals surface area contributed by atoms with Crippen molar-refractivity contribution in [2.45, 2.75) is 0 Å². The van der Waals surface area contributed by atoms with Crippen LogP contribution >= 0.6 is 0 Å². The van der Waals surface area contributed by atoms with Gasteiger partial charge in [-0.1, -0.05) is 0 Å². The number of nitrogen functional groups attached to an aromatic ring is 1. The van der Waals surface area contributed by atoms with Crippen LogP contribution in [0.4, 0.5) is 5.82 Å². The number of hydrogen-bond donors (Lipinski definition) is 1. The fourth-order valence-corrected chi connectivity index (χ4v) is 1.55. The maximum absolute atomic E-state index is 12.0. The van der Waals surface area contributed by atoms with Crippen molar-refractivity contribution in [3.05, 3.63) is 17.8 Å². The summed E-state index contributed by atoms with van der Waals surface area (Å²) in [6.07, 6.45) is 0. The van der Waals surface area contributed by atoms with Gasteiger partial charge in [-0.05, 0) is 12.1 Å². The van der Waals surface area contributed by atoms with E-state index in [1.54, 1.807) is 11.9 Å². The monoisotopic (exact) mass is 235 g/mol. The van der Waals surface area contributed by atoms with Crippen LogP contribution in [-0.2, 0) is 4.79 Å². The summed E-state index contributed by atoms with van der Waals surface area (Å²) >= 11 is 0. The van der Waals surface area contributed by atoms with E-state index in [1.807, 2.05) is 0 Å². The van der Waals surface area contributed by atoms with E-state index in [1.165, 1.54) is 17.0 Å². The number of piperazine rings is 1. The fraction of sp³-hybridized carbons (Fsp3) is 0.400. The molecule has 2 heterocycles. The van der Waals surface area contributed by atoms with Crippen molar-refractivity contribution in [1.29, 1.82) is 0 Å². The molecule has 7 nitrogen and oxygen atoms in total. The molecule has 0 saturated carbocycles. The van der Waals surface area contributed by atoms with Crippen LogP contribution in [0.15, 0.2) is 12.1 Å². The number of rotatable bonds is 1. The SMILES string of the molecule is CN1CCN(C(=O)c2ccc(N)nn2)CC1=O. The summed E-state index contributed by atoms with van der Waals surface area (Å²) in [6, 6.07) is 3.02. The van der Waals surface area contributed by atoms with E-state index in [0.29, 0.717) is 13.1 Å². The molecule has 0 aromatic carbocycles. The van der Waals surface area contributed by atoms with Crippen molar-refractivity contribution in [3.63, 3.8) is 0 Å². The Bertz CT molecular complexity index is 445. The lowest BCUT2D eigenvalue weighted by molar-refractivity contribution is -0.133. The second-order valence-electron chi connectivity index (χ2n) is 3.89. The highest BCUT2D eigenvalue weighted by Crippen LogP contribution is 2.07. The molecule has 7 heteroatoms. The van der Waals surface area contributed by atoms with Gasteiger partial charge >= 0.3 is 0 Å². The van der Waals surface area contributed by atoms with Crippen LogP contribution in [0.25, 0.3) is 0 Å². The molecule has 2 N–H and O–H groups in total. The van der Waals surface area contributed by atoms with Gasteiger partial charge in [-0.15, -0.1) is 10.2 Å². The molecule has 1 fully saturated rings. The zero-order valence-corrected chi connectivity index (χ0v) is 9.46. The van der Waals surface area contributed by atoms with Crippen LogP contribution in [0, 0.1) is 0 Å². The maximum atomic E-state index is 12.0. The third kappa shape index (κ3) is 2.32. The first-order valence-corrected chi connectivity index (χ1v) is 5.20. The van der Waals surface area contributed by atoms with Gasteiger partial charge in [0.25, 0.3) is 5.91 Å². The second kappa shape index (κ2) is 4.36. The van der Waals surface area contributed by atoms with Crippen LogP contribution in [0.1, 0.15) is 10.5 Å². The number of likely N-dealkylation sites (N-methyl/N-ethyl adjacent to an activating group) is 1. The predicted molar refractivity (Wildman–Crippen MR) is 60.0 cm³/mol. The van der Waals surface area contributed by atoms with Crippen LogP contribution in [0.2, 0.25) is 0 Å². The van der Waals surface area contributed by atoms with Crippen LogP contribution in [-0.4, -0.2) is 58.5 Å². The van der Waals surface area contributed by atoms with E-state index in [0.717, 1.165) is 0 Å². The Morgan fingerprint density at radius 1 is 1.35 bits per heavy atom. The average molecular weight is 235 g/mol. The van der Waals surface area contributed by atoms with Gasteiger partial charge < -0.3 is 15.5 Å². The zero-order valence-electron chi connectivity index (χ0n) is 9.46. The Balaban J connectivity index is 2.10. The lowest BCUT2D eigenvalue weighted by Gasteiger charge is -2.31. The molecular formula is C10H13N5O2. The van der Waals surface area contributed by atoms with E-state index in [-0.39, 0.29) is 29.9 Å². The van der Waals surface area contributed by atoms with Crippen molar-refractivity contribution >= 4 is 17.6 Å². The summed E-state index contributed by atoms with van der Waals surface area (Å²) < 4.78 is 0. The van der Waals surface area contributed by atoms with Crippen molar-refractivity contribution in [1.82, 2.24) is 20.0 Å². The van der Waals surface area contributed by atoms with Gasteiger partial charge in [0.1, 0.15) is 12.4 Å². The summed E-state index contributed by atoms with van der Waals surface area (Å²) in [6.45, 7) is 1.13. The second-order valence-corrected chi connectivity index (χ2v) is 3.89. The van der Waals surface area contributed by atoms with E-state index < -0.39 is 0 Å². The molecule has 1 aliphatic heterocycles. The first-order chi connectivity index (χ1) is 8.08. The van der Waals surface area contributed by atoms with Gasteiger partial charge in [-0.2, -0.15) is 0 Å². The molecule has 2 amide bonds. The smallest absolute Gasteiger partial charge is 0.274 e. The Morgan fingerprint density at radius 3 is 2.71 bits per heavy atom. The topological polar surface area (TPSA) is 92.4 Å². The number of anilines is 1. The highest BCUT2D eigenvalue weighted by Gasteiger charge is 2.26. The number of aromatic nitrogens is 2. The van der Waals surface area contributed by atoms with Crippen LogP contribution < -0.4 is 5.73 Å². The fourth-order valence-electron chi connectivity index (χ4n) is 1.55. The summed E-state index contributed by atoms with van der Waals surface area (Å²) in [5, 5.41) is 7.32. The largest absolute Gasteiger partial charge is 0.382 e. The lowest BCUT2D eigenvalue weighted by Crippen LogP contribution is -2.50. The van der Waals surface area contributed by atoms with Gasteiger partial charge in [-0.3, -0.25) is 9.59 Å². The molecule has 17 heavy (non-hydrogen) atoms. The summed E-state index contributed by atoms with van der Waals surface area (Å²) in [7, 11) is 1.72. The highest BCUT2D eigenvalue weighted by atomic mass is 16.2. The number of hydrogen-bond acceptors (Lipinski definition) is 5. The maximum Gasteiger partial charge on any atom is 0.274 e. The van der Waals surface area contributed by atoms with E-state index >= 15 is 0 Å². The van der Waals surface area contributed by atoms with Crippen molar-refractivity contribution < 1.29 is 9.59 Å². The third-order valence-electron chi connectivity index (χ3n) is 2.65. The van der Waals surface area contributed by atoms with Crippen molar-refractivity contribution in [3.8, 4) is 0 Å². The zero-order chi connectivity index (χ0) is 12.4. The van der Waals surface area contributed by atoms with Crippen LogP contribution in [0.3, 0.4) is 0 Å².